The molecule has 1 aliphatic rings. The van der Waals surface area contributed by atoms with Crippen LogP contribution in [0.2, 0.25) is 0 Å². The van der Waals surface area contributed by atoms with Gasteiger partial charge in [0.15, 0.2) is 0 Å². The molecule has 1 aliphatic heterocycles. The first kappa shape index (κ1) is 16.1. The number of aromatic nitrogens is 2. The molecule has 0 N–H and O–H groups in total. The minimum atomic E-state index is -0.272. The average Bonchev–Trinajstić information content (AvgIpc) is 3.01. The quantitative estimate of drug-likeness (QED) is 0.867. The number of aryl methyl sites for hydroxylation is 1. The SMILES string of the molecule is Cc1ccc(-c2noc(C(C)(C)CN3CCOCC3)n2)cc1F. The summed E-state index contributed by atoms with van der Waals surface area (Å²) in [6, 6.07) is 4.97. The van der Waals surface area contributed by atoms with Crippen molar-refractivity contribution in [1.29, 1.82) is 0 Å². The monoisotopic (exact) mass is 319 g/mol. The van der Waals surface area contributed by atoms with E-state index in [1.54, 1.807) is 13.0 Å². The zero-order chi connectivity index (χ0) is 16.4. The summed E-state index contributed by atoms with van der Waals surface area (Å²) in [5, 5.41) is 4.02. The number of rotatable bonds is 4. The highest BCUT2D eigenvalue weighted by atomic mass is 19.1. The van der Waals surface area contributed by atoms with Crippen molar-refractivity contribution < 1.29 is 13.7 Å². The Kier molecular flexibility index (Phi) is 4.46. The number of hydrogen-bond donors (Lipinski definition) is 0. The fourth-order valence-electron chi connectivity index (χ4n) is 2.73. The highest BCUT2D eigenvalue weighted by Gasteiger charge is 2.31. The van der Waals surface area contributed by atoms with Gasteiger partial charge in [0, 0.05) is 25.2 Å². The molecule has 0 amide bonds. The fraction of sp³-hybridized carbons (Fsp3) is 0.529. The Morgan fingerprint density at radius 1 is 1.26 bits per heavy atom. The van der Waals surface area contributed by atoms with Crippen LogP contribution in [0.5, 0.6) is 0 Å². The van der Waals surface area contributed by atoms with E-state index in [0.717, 1.165) is 32.8 Å². The minimum Gasteiger partial charge on any atom is -0.379 e. The minimum absolute atomic E-state index is 0.263. The second kappa shape index (κ2) is 6.37. The predicted molar refractivity (Wildman–Crippen MR) is 84.7 cm³/mol. The van der Waals surface area contributed by atoms with E-state index in [9.17, 15) is 4.39 Å². The lowest BCUT2D eigenvalue weighted by Crippen LogP contribution is -2.43. The van der Waals surface area contributed by atoms with E-state index in [2.05, 4.69) is 28.9 Å². The maximum atomic E-state index is 13.7. The van der Waals surface area contributed by atoms with Crippen LogP contribution < -0.4 is 0 Å². The predicted octanol–water partition coefficient (Wildman–Crippen LogP) is 2.79. The standard InChI is InChI=1S/C17H22FN3O2/c1-12-4-5-13(10-14(12)18)15-19-16(23-20-15)17(2,3)11-21-6-8-22-9-7-21/h4-5,10H,6-9,11H2,1-3H3. The van der Waals surface area contributed by atoms with Crippen LogP contribution in [0.1, 0.15) is 25.3 Å². The summed E-state index contributed by atoms with van der Waals surface area (Å²) < 4.78 is 24.5. The van der Waals surface area contributed by atoms with Crippen molar-refractivity contribution in [3.63, 3.8) is 0 Å². The third-order valence-electron chi connectivity index (χ3n) is 4.16. The first-order valence-corrected chi connectivity index (χ1v) is 7.86. The highest BCUT2D eigenvalue weighted by Crippen LogP contribution is 2.26. The second-order valence-corrected chi connectivity index (χ2v) is 6.66. The van der Waals surface area contributed by atoms with Crippen LogP contribution in [0, 0.1) is 12.7 Å². The molecule has 0 saturated carbocycles. The van der Waals surface area contributed by atoms with Crippen molar-refractivity contribution in [1.82, 2.24) is 15.0 Å². The van der Waals surface area contributed by atoms with Crippen LogP contribution >= 0.6 is 0 Å². The summed E-state index contributed by atoms with van der Waals surface area (Å²) in [5.41, 5.74) is 0.960. The van der Waals surface area contributed by atoms with Crippen molar-refractivity contribution in [3.05, 3.63) is 35.5 Å². The lowest BCUT2D eigenvalue weighted by molar-refractivity contribution is 0.0269. The highest BCUT2D eigenvalue weighted by molar-refractivity contribution is 5.55. The van der Waals surface area contributed by atoms with E-state index in [-0.39, 0.29) is 11.2 Å². The fourth-order valence-corrected chi connectivity index (χ4v) is 2.73. The number of nitrogens with zero attached hydrogens (tertiary/aromatic N) is 3. The first-order chi connectivity index (χ1) is 11.0. The number of hydrogen-bond acceptors (Lipinski definition) is 5. The maximum Gasteiger partial charge on any atom is 0.233 e. The largest absolute Gasteiger partial charge is 0.379 e. The van der Waals surface area contributed by atoms with Gasteiger partial charge in [-0.15, -0.1) is 0 Å². The summed E-state index contributed by atoms with van der Waals surface area (Å²) in [6.45, 7) is 10.0. The zero-order valence-corrected chi connectivity index (χ0v) is 13.8. The number of morpholine rings is 1. The van der Waals surface area contributed by atoms with E-state index in [0.29, 0.717) is 22.8 Å². The Hall–Kier alpha value is -1.79. The number of benzene rings is 1. The molecule has 23 heavy (non-hydrogen) atoms. The normalized spacial score (nSPS) is 16.7. The Morgan fingerprint density at radius 3 is 2.70 bits per heavy atom. The molecule has 0 bridgehead atoms. The smallest absolute Gasteiger partial charge is 0.233 e. The molecule has 124 valence electrons. The molecular weight excluding hydrogens is 297 g/mol. The molecular formula is C17H22FN3O2. The van der Waals surface area contributed by atoms with Gasteiger partial charge in [0.05, 0.1) is 18.6 Å². The van der Waals surface area contributed by atoms with Crippen LogP contribution in [-0.2, 0) is 10.2 Å². The van der Waals surface area contributed by atoms with Crippen LogP contribution in [0.15, 0.2) is 22.7 Å². The van der Waals surface area contributed by atoms with Gasteiger partial charge in [0.25, 0.3) is 0 Å². The lowest BCUT2D eigenvalue weighted by Gasteiger charge is -2.32. The van der Waals surface area contributed by atoms with Crippen molar-refractivity contribution in [2.45, 2.75) is 26.2 Å². The molecule has 0 spiro atoms. The lowest BCUT2D eigenvalue weighted by atomic mass is 9.92. The molecule has 0 radical (unpaired) electrons. The van der Waals surface area contributed by atoms with Gasteiger partial charge in [-0.1, -0.05) is 17.3 Å². The van der Waals surface area contributed by atoms with Crippen molar-refractivity contribution in [3.8, 4) is 11.4 Å². The maximum absolute atomic E-state index is 13.7. The molecule has 6 heteroatoms. The molecule has 1 aromatic carbocycles. The molecule has 0 atom stereocenters. The van der Waals surface area contributed by atoms with Gasteiger partial charge in [-0.25, -0.2) is 4.39 Å². The van der Waals surface area contributed by atoms with Gasteiger partial charge in [-0.3, -0.25) is 4.90 Å². The molecule has 1 saturated heterocycles. The molecule has 1 aromatic heterocycles. The van der Waals surface area contributed by atoms with Crippen molar-refractivity contribution >= 4 is 0 Å². The van der Waals surface area contributed by atoms with E-state index >= 15 is 0 Å². The first-order valence-electron chi connectivity index (χ1n) is 7.86. The Balaban J connectivity index is 1.78. The zero-order valence-electron chi connectivity index (χ0n) is 13.8. The van der Waals surface area contributed by atoms with Gasteiger partial charge in [0.2, 0.25) is 11.7 Å². The van der Waals surface area contributed by atoms with Gasteiger partial charge in [-0.2, -0.15) is 4.98 Å². The van der Waals surface area contributed by atoms with E-state index in [1.807, 2.05) is 6.07 Å². The molecule has 5 nitrogen and oxygen atoms in total. The van der Waals surface area contributed by atoms with E-state index in [1.165, 1.54) is 6.07 Å². The summed E-state index contributed by atoms with van der Waals surface area (Å²) >= 11 is 0. The average molecular weight is 319 g/mol. The molecule has 2 heterocycles. The van der Waals surface area contributed by atoms with Gasteiger partial charge >= 0.3 is 0 Å². The summed E-state index contributed by atoms with van der Waals surface area (Å²) in [6.07, 6.45) is 0. The van der Waals surface area contributed by atoms with E-state index in [4.69, 9.17) is 9.26 Å². The van der Waals surface area contributed by atoms with Crippen LogP contribution in [-0.4, -0.2) is 47.9 Å². The van der Waals surface area contributed by atoms with Gasteiger partial charge < -0.3 is 9.26 Å². The summed E-state index contributed by atoms with van der Waals surface area (Å²) in [5.74, 6) is 0.732. The van der Waals surface area contributed by atoms with Gasteiger partial charge in [-0.05, 0) is 32.4 Å². The molecule has 0 aliphatic carbocycles. The summed E-state index contributed by atoms with van der Waals surface area (Å²) in [4.78, 5) is 6.82. The third kappa shape index (κ3) is 3.59. The van der Waals surface area contributed by atoms with Gasteiger partial charge in [0.1, 0.15) is 5.82 Å². The second-order valence-electron chi connectivity index (χ2n) is 6.66. The number of halogens is 1. The Labute approximate surface area is 135 Å². The summed E-state index contributed by atoms with van der Waals surface area (Å²) in [7, 11) is 0. The topological polar surface area (TPSA) is 51.4 Å². The molecule has 2 aromatic rings. The molecule has 0 unspecified atom stereocenters. The van der Waals surface area contributed by atoms with Crippen molar-refractivity contribution in [2.75, 3.05) is 32.8 Å². The van der Waals surface area contributed by atoms with Crippen LogP contribution in [0.25, 0.3) is 11.4 Å². The Bertz CT molecular complexity index is 678. The number of ether oxygens (including phenoxy) is 1. The third-order valence-corrected chi connectivity index (χ3v) is 4.16. The van der Waals surface area contributed by atoms with Crippen LogP contribution in [0.3, 0.4) is 0 Å². The molecule has 3 rings (SSSR count). The molecule has 1 fully saturated rings. The Morgan fingerprint density at radius 2 is 2.00 bits per heavy atom. The van der Waals surface area contributed by atoms with Crippen molar-refractivity contribution in [2.24, 2.45) is 0 Å². The van der Waals surface area contributed by atoms with E-state index < -0.39 is 0 Å². The van der Waals surface area contributed by atoms with Crippen LogP contribution in [0.4, 0.5) is 4.39 Å².